The summed E-state index contributed by atoms with van der Waals surface area (Å²) in [6.07, 6.45) is 0.216. The first kappa shape index (κ1) is 21.3. The van der Waals surface area contributed by atoms with Gasteiger partial charge in [-0.3, -0.25) is 14.9 Å². The number of hydrogen-bond donors (Lipinski definition) is 2. The molecular formula is C21H24N4O2S2. The van der Waals surface area contributed by atoms with E-state index in [4.69, 9.17) is 0 Å². The molecule has 2 amide bonds. The van der Waals surface area contributed by atoms with Gasteiger partial charge in [0.1, 0.15) is 6.04 Å². The van der Waals surface area contributed by atoms with Crippen LogP contribution in [-0.4, -0.2) is 33.8 Å². The molecule has 1 aromatic heterocycles. The molecule has 1 atom stereocenters. The Kier molecular flexibility index (Phi) is 7.22. The zero-order chi connectivity index (χ0) is 20.8. The molecule has 3 rings (SSSR count). The van der Waals surface area contributed by atoms with Crippen LogP contribution in [0.25, 0.3) is 10.8 Å². The van der Waals surface area contributed by atoms with E-state index in [-0.39, 0.29) is 24.2 Å². The van der Waals surface area contributed by atoms with Gasteiger partial charge in [0, 0.05) is 0 Å². The number of amides is 2. The lowest BCUT2D eigenvalue weighted by molar-refractivity contribution is -0.127. The maximum absolute atomic E-state index is 12.7. The summed E-state index contributed by atoms with van der Waals surface area (Å²) in [5.41, 5.74) is 0.939. The highest BCUT2D eigenvalue weighted by molar-refractivity contribution is 8.01. The third-order valence-corrected chi connectivity index (χ3v) is 6.26. The Hall–Kier alpha value is -2.45. The molecule has 8 heteroatoms. The molecule has 0 saturated carbocycles. The Morgan fingerprint density at radius 3 is 2.62 bits per heavy atom. The summed E-state index contributed by atoms with van der Waals surface area (Å²) in [7, 11) is 0. The molecule has 2 N–H and O–H groups in total. The molecule has 0 aliphatic heterocycles. The van der Waals surface area contributed by atoms with Gasteiger partial charge in [0.2, 0.25) is 16.9 Å². The van der Waals surface area contributed by atoms with E-state index in [0.717, 1.165) is 26.4 Å². The van der Waals surface area contributed by atoms with Crippen molar-refractivity contribution in [3.63, 3.8) is 0 Å². The normalized spacial score (nSPS) is 12.1. The Bertz CT molecular complexity index is 998. The number of nitrogens with zero attached hydrogens (tertiary/aromatic N) is 2. The van der Waals surface area contributed by atoms with Crippen molar-refractivity contribution in [3.05, 3.63) is 48.0 Å². The molecule has 3 aromatic rings. The van der Waals surface area contributed by atoms with Crippen molar-refractivity contribution in [2.45, 2.75) is 37.6 Å². The van der Waals surface area contributed by atoms with E-state index in [2.05, 4.69) is 20.8 Å². The second-order valence-corrected chi connectivity index (χ2v) is 9.39. The van der Waals surface area contributed by atoms with Crippen molar-refractivity contribution >= 4 is 50.8 Å². The minimum atomic E-state index is -0.649. The van der Waals surface area contributed by atoms with Crippen molar-refractivity contribution < 1.29 is 9.59 Å². The van der Waals surface area contributed by atoms with Crippen LogP contribution >= 0.6 is 23.1 Å². The topological polar surface area (TPSA) is 84.0 Å². The first-order chi connectivity index (χ1) is 14.0. The van der Waals surface area contributed by atoms with Gasteiger partial charge in [0.15, 0.2) is 4.34 Å². The highest BCUT2D eigenvalue weighted by atomic mass is 32.2. The molecular weight excluding hydrogens is 404 g/mol. The molecule has 1 heterocycles. The van der Waals surface area contributed by atoms with E-state index >= 15 is 0 Å². The van der Waals surface area contributed by atoms with Gasteiger partial charge in [-0.1, -0.05) is 86.3 Å². The lowest BCUT2D eigenvalue weighted by Gasteiger charge is -2.21. The second-order valence-electron chi connectivity index (χ2n) is 6.90. The van der Waals surface area contributed by atoms with E-state index in [1.807, 2.05) is 63.2 Å². The van der Waals surface area contributed by atoms with Crippen LogP contribution in [0.3, 0.4) is 0 Å². The lowest BCUT2D eigenvalue weighted by atomic mass is 10.0. The van der Waals surface area contributed by atoms with Crippen LogP contribution in [0.15, 0.2) is 46.8 Å². The van der Waals surface area contributed by atoms with Crippen LogP contribution in [0.5, 0.6) is 0 Å². The van der Waals surface area contributed by atoms with E-state index in [0.29, 0.717) is 5.13 Å². The molecule has 0 saturated heterocycles. The predicted molar refractivity (Wildman–Crippen MR) is 119 cm³/mol. The monoisotopic (exact) mass is 428 g/mol. The number of hydrogen-bond acceptors (Lipinski definition) is 6. The molecule has 6 nitrogen and oxygen atoms in total. The molecule has 0 aliphatic rings. The minimum absolute atomic E-state index is 0.0659. The molecule has 152 valence electrons. The quantitative estimate of drug-likeness (QED) is 0.416. The maximum Gasteiger partial charge on any atom is 0.249 e. The van der Waals surface area contributed by atoms with Crippen molar-refractivity contribution in [2.75, 3.05) is 11.1 Å². The van der Waals surface area contributed by atoms with Gasteiger partial charge < -0.3 is 5.32 Å². The van der Waals surface area contributed by atoms with E-state index in [9.17, 15) is 9.59 Å². The van der Waals surface area contributed by atoms with Crippen LogP contribution in [0, 0.1) is 5.92 Å². The van der Waals surface area contributed by atoms with Gasteiger partial charge in [-0.05, 0) is 28.0 Å². The largest absolute Gasteiger partial charge is 0.344 e. The molecule has 0 spiro atoms. The van der Waals surface area contributed by atoms with Crippen molar-refractivity contribution in [1.29, 1.82) is 0 Å². The predicted octanol–water partition coefficient (Wildman–Crippen LogP) is 4.13. The van der Waals surface area contributed by atoms with Crippen LogP contribution in [0.1, 0.15) is 26.3 Å². The first-order valence-corrected chi connectivity index (χ1v) is 11.3. The smallest absolute Gasteiger partial charge is 0.249 e. The third-order valence-electron chi connectivity index (χ3n) is 4.40. The Labute approximate surface area is 178 Å². The highest BCUT2D eigenvalue weighted by Crippen LogP contribution is 2.25. The molecule has 29 heavy (non-hydrogen) atoms. The summed E-state index contributed by atoms with van der Waals surface area (Å²) in [6.45, 7) is 5.84. The van der Waals surface area contributed by atoms with Gasteiger partial charge in [0.05, 0.1) is 6.42 Å². The van der Waals surface area contributed by atoms with Gasteiger partial charge in [0.25, 0.3) is 0 Å². The standard InChI is InChI=1S/C21H24N4O2S2/c1-4-28-21-25-24-20(29-21)23-19(27)18(13(2)3)22-17(26)12-15-10-7-9-14-8-5-6-11-16(14)15/h5-11,13,18H,4,12H2,1-3H3,(H,22,26)(H,23,24,27). The number of nitrogens with one attached hydrogen (secondary N) is 2. The number of benzene rings is 2. The van der Waals surface area contributed by atoms with E-state index in [1.54, 1.807) is 11.8 Å². The fourth-order valence-electron chi connectivity index (χ4n) is 3.00. The summed E-state index contributed by atoms with van der Waals surface area (Å²) in [5, 5.41) is 16.3. The van der Waals surface area contributed by atoms with Crippen LogP contribution < -0.4 is 10.6 Å². The summed E-state index contributed by atoms with van der Waals surface area (Å²) in [6, 6.07) is 13.2. The average Bonchev–Trinajstić information content (AvgIpc) is 3.13. The number of thioether (sulfide) groups is 1. The fourth-order valence-corrected chi connectivity index (χ4v) is 4.66. The fraction of sp³-hybridized carbons (Fsp3) is 0.333. The molecule has 1 unspecified atom stereocenters. The number of anilines is 1. The van der Waals surface area contributed by atoms with Crippen molar-refractivity contribution in [2.24, 2.45) is 5.92 Å². The van der Waals surface area contributed by atoms with Crippen LogP contribution in [-0.2, 0) is 16.0 Å². The molecule has 0 bridgehead atoms. The SMILES string of the molecule is CCSc1nnc(NC(=O)C(NC(=O)Cc2cccc3ccccc23)C(C)C)s1. The van der Waals surface area contributed by atoms with Crippen LogP contribution in [0.4, 0.5) is 5.13 Å². The third kappa shape index (κ3) is 5.55. The Balaban J connectivity index is 1.67. The zero-order valence-electron chi connectivity index (χ0n) is 16.6. The average molecular weight is 429 g/mol. The van der Waals surface area contributed by atoms with Crippen LogP contribution in [0.2, 0.25) is 0 Å². The Morgan fingerprint density at radius 1 is 1.10 bits per heavy atom. The minimum Gasteiger partial charge on any atom is -0.344 e. The number of fused-ring (bicyclic) bond motifs is 1. The highest BCUT2D eigenvalue weighted by Gasteiger charge is 2.25. The van der Waals surface area contributed by atoms with Gasteiger partial charge in [-0.2, -0.15) is 0 Å². The number of aromatic nitrogens is 2. The first-order valence-electron chi connectivity index (χ1n) is 9.51. The molecule has 0 fully saturated rings. The number of rotatable bonds is 8. The number of carbonyl (C=O) groups excluding carboxylic acids is 2. The summed E-state index contributed by atoms with van der Waals surface area (Å²) in [5.74, 6) is 0.357. The second kappa shape index (κ2) is 9.84. The van der Waals surface area contributed by atoms with Crippen molar-refractivity contribution in [3.8, 4) is 0 Å². The lowest BCUT2D eigenvalue weighted by Crippen LogP contribution is -2.47. The maximum atomic E-state index is 12.7. The van der Waals surface area contributed by atoms with E-state index in [1.165, 1.54) is 11.3 Å². The van der Waals surface area contributed by atoms with Gasteiger partial charge in [-0.25, -0.2) is 0 Å². The molecule has 2 aromatic carbocycles. The molecule has 0 aliphatic carbocycles. The van der Waals surface area contributed by atoms with Gasteiger partial charge >= 0.3 is 0 Å². The zero-order valence-corrected chi connectivity index (χ0v) is 18.3. The van der Waals surface area contributed by atoms with E-state index < -0.39 is 6.04 Å². The summed E-state index contributed by atoms with van der Waals surface area (Å²) < 4.78 is 0.809. The van der Waals surface area contributed by atoms with Gasteiger partial charge in [-0.15, -0.1) is 10.2 Å². The number of carbonyl (C=O) groups is 2. The van der Waals surface area contributed by atoms with Crippen molar-refractivity contribution in [1.82, 2.24) is 15.5 Å². The molecule has 0 radical (unpaired) electrons. The Morgan fingerprint density at radius 2 is 1.86 bits per heavy atom. The summed E-state index contributed by atoms with van der Waals surface area (Å²) >= 11 is 2.91. The summed E-state index contributed by atoms with van der Waals surface area (Å²) in [4.78, 5) is 25.4.